The highest BCUT2D eigenvalue weighted by molar-refractivity contribution is 6.00. The van der Waals surface area contributed by atoms with Crippen LogP contribution in [-0.4, -0.2) is 25.2 Å². The Morgan fingerprint density at radius 2 is 1.40 bits per heavy atom. The average molecular weight is 353 g/mol. The molecule has 0 unspecified atom stereocenters. The molecule has 0 aliphatic heterocycles. The molecule has 0 atom stereocenters. The molecule has 1 saturated carbocycles. The Bertz CT molecular complexity index is 433. The molecule has 0 radical (unpaired) electrons. The third kappa shape index (κ3) is 7.62. The van der Waals surface area contributed by atoms with Crippen molar-refractivity contribution in [2.24, 2.45) is 5.92 Å². The van der Waals surface area contributed by atoms with Gasteiger partial charge in [0.1, 0.15) is 0 Å². The largest absolute Gasteiger partial charge is 0.462 e. The molecule has 0 saturated heterocycles. The van der Waals surface area contributed by atoms with Crippen LogP contribution in [0.5, 0.6) is 0 Å². The van der Waals surface area contributed by atoms with Crippen molar-refractivity contribution < 1.29 is 19.1 Å². The fourth-order valence-electron chi connectivity index (χ4n) is 3.38. The van der Waals surface area contributed by atoms with Crippen LogP contribution < -0.4 is 0 Å². The molecule has 0 N–H and O–H groups in total. The summed E-state index contributed by atoms with van der Waals surface area (Å²) < 4.78 is 10.8. The fraction of sp³-hybridized carbons (Fsp3) is 0.810. The Morgan fingerprint density at radius 3 is 1.96 bits per heavy atom. The first-order valence-corrected chi connectivity index (χ1v) is 10.2. The maximum absolute atomic E-state index is 12.8. The van der Waals surface area contributed by atoms with Crippen molar-refractivity contribution in [2.45, 2.75) is 91.4 Å². The lowest BCUT2D eigenvalue weighted by Gasteiger charge is -2.25. The molecule has 0 spiro atoms. The molecule has 0 aromatic carbocycles. The van der Waals surface area contributed by atoms with Crippen LogP contribution in [0.2, 0.25) is 0 Å². The van der Waals surface area contributed by atoms with E-state index < -0.39 is 0 Å². The van der Waals surface area contributed by atoms with E-state index in [2.05, 4.69) is 6.92 Å². The molecular formula is C21H36O4. The molecule has 4 heteroatoms. The zero-order chi connectivity index (χ0) is 18.5. The van der Waals surface area contributed by atoms with Crippen molar-refractivity contribution in [2.75, 3.05) is 13.2 Å². The van der Waals surface area contributed by atoms with Gasteiger partial charge in [-0.1, -0.05) is 52.9 Å². The van der Waals surface area contributed by atoms with Gasteiger partial charge in [0.15, 0.2) is 0 Å². The summed E-state index contributed by atoms with van der Waals surface area (Å²) in [5.41, 5.74) is 1.19. The number of esters is 2. The Hall–Kier alpha value is -1.32. The molecule has 0 amide bonds. The van der Waals surface area contributed by atoms with E-state index in [4.69, 9.17) is 9.47 Å². The lowest BCUT2D eigenvalue weighted by molar-refractivity contribution is -0.143. The summed E-state index contributed by atoms with van der Waals surface area (Å²) in [6.45, 7) is 6.90. The normalized spacial score (nSPS) is 16.3. The molecule has 0 bridgehead atoms. The molecule has 144 valence electrons. The zero-order valence-electron chi connectivity index (χ0n) is 16.4. The molecule has 1 rings (SSSR count). The molecule has 1 aliphatic carbocycles. The SMILES string of the molecule is CCCCC/C(C(=O)OCCC)=C(/C(=O)OCCC)C1CCCCC1. The molecule has 1 fully saturated rings. The Labute approximate surface area is 153 Å². The van der Waals surface area contributed by atoms with Crippen LogP contribution in [-0.2, 0) is 19.1 Å². The van der Waals surface area contributed by atoms with Crippen molar-refractivity contribution in [3.05, 3.63) is 11.1 Å². The predicted octanol–water partition coefficient (Wildman–Crippen LogP) is 5.35. The summed E-state index contributed by atoms with van der Waals surface area (Å²) >= 11 is 0. The first-order valence-electron chi connectivity index (χ1n) is 10.2. The van der Waals surface area contributed by atoms with Crippen molar-refractivity contribution in [3.63, 3.8) is 0 Å². The monoisotopic (exact) mass is 352 g/mol. The van der Waals surface area contributed by atoms with Crippen molar-refractivity contribution in [1.82, 2.24) is 0 Å². The van der Waals surface area contributed by atoms with Gasteiger partial charge in [0.05, 0.1) is 18.8 Å². The van der Waals surface area contributed by atoms with Crippen LogP contribution in [0.3, 0.4) is 0 Å². The molecule has 4 nitrogen and oxygen atoms in total. The number of hydrogen-bond acceptors (Lipinski definition) is 4. The van der Waals surface area contributed by atoms with Gasteiger partial charge in [0.25, 0.3) is 0 Å². The van der Waals surface area contributed by atoms with E-state index in [0.717, 1.165) is 57.8 Å². The molecule has 0 aromatic rings. The summed E-state index contributed by atoms with van der Waals surface area (Å²) in [6.07, 6.45) is 10.6. The van der Waals surface area contributed by atoms with Crippen LogP contribution in [0.4, 0.5) is 0 Å². The quantitative estimate of drug-likeness (QED) is 0.286. The van der Waals surface area contributed by atoms with E-state index in [0.29, 0.717) is 30.8 Å². The van der Waals surface area contributed by atoms with Gasteiger partial charge in [-0.15, -0.1) is 0 Å². The van der Waals surface area contributed by atoms with Gasteiger partial charge in [-0.3, -0.25) is 0 Å². The Morgan fingerprint density at radius 1 is 0.800 bits per heavy atom. The second kappa shape index (κ2) is 13.0. The highest BCUT2D eigenvalue weighted by Gasteiger charge is 2.30. The van der Waals surface area contributed by atoms with Crippen molar-refractivity contribution >= 4 is 11.9 Å². The van der Waals surface area contributed by atoms with Gasteiger partial charge in [-0.25, -0.2) is 9.59 Å². The van der Waals surface area contributed by atoms with Crippen LogP contribution in [0.1, 0.15) is 91.4 Å². The van der Waals surface area contributed by atoms with Crippen LogP contribution in [0, 0.1) is 5.92 Å². The lowest BCUT2D eigenvalue weighted by Crippen LogP contribution is -2.24. The van der Waals surface area contributed by atoms with Gasteiger partial charge in [0.2, 0.25) is 0 Å². The van der Waals surface area contributed by atoms with E-state index in [1.807, 2.05) is 13.8 Å². The van der Waals surface area contributed by atoms with E-state index in [1.54, 1.807) is 0 Å². The van der Waals surface area contributed by atoms with E-state index in [-0.39, 0.29) is 17.9 Å². The molecular weight excluding hydrogens is 316 g/mol. The van der Waals surface area contributed by atoms with Gasteiger partial charge in [-0.05, 0) is 44.4 Å². The third-order valence-corrected chi connectivity index (χ3v) is 4.71. The Balaban J connectivity index is 3.12. The summed E-state index contributed by atoms with van der Waals surface area (Å²) in [5, 5.41) is 0. The number of ether oxygens (including phenoxy) is 2. The highest BCUT2D eigenvalue weighted by Crippen LogP contribution is 2.34. The molecule has 1 aliphatic rings. The van der Waals surface area contributed by atoms with Crippen molar-refractivity contribution in [1.29, 1.82) is 0 Å². The van der Waals surface area contributed by atoms with Gasteiger partial charge < -0.3 is 9.47 Å². The average Bonchev–Trinajstić information content (AvgIpc) is 2.64. The first kappa shape index (κ1) is 21.7. The standard InChI is InChI=1S/C21H36O4/c1-4-7-9-14-18(20(22)24-15-5-2)19(21(23)25-16-6-3)17-12-10-8-11-13-17/h17H,4-16H2,1-3H3/b19-18-. The number of carbonyl (C=O) groups is 2. The predicted molar refractivity (Wildman–Crippen MR) is 100 cm³/mol. The van der Waals surface area contributed by atoms with E-state index in [1.165, 1.54) is 6.42 Å². The first-order chi connectivity index (χ1) is 12.2. The minimum atomic E-state index is -0.313. The molecule has 25 heavy (non-hydrogen) atoms. The number of unbranched alkanes of at least 4 members (excludes halogenated alkanes) is 2. The number of hydrogen-bond donors (Lipinski definition) is 0. The summed E-state index contributed by atoms with van der Waals surface area (Å²) in [4.78, 5) is 25.4. The zero-order valence-corrected chi connectivity index (χ0v) is 16.4. The maximum Gasteiger partial charge on any atom is 0.334 e. The lowest BCUT2D eigenvalue weighted by atomic mass is 9.80. The summed E-state index contributed by atoms with van der Waals surface area (Å²) in [5.74, 6) is -0.468. The van der Waals surface area contributed by atoms with Crippen LogP contribution >= 0.6 is 0 Å². The second-order valence-corrected chi connectivity index (χ2v) is 6.96. The summed E-state index contributed by atoms with van der Waals surface area (Å²) in [7, 11) is 0. The minimum absolute atomic E-state index is 0.143. The van der Waals surface area contributed by atoms with Crippen LogP contribution in [0.25, 0.3) is 0 Å². The number of carbonyl (C=O) groups excluding carboxylic acids is 2. The van der Waals surface area contributed by atoms with Gasteiger partial charge in [0, 0.05) is 5.57 Å². The van der Waals surface area contributed by atoms with E-state index in [9.17, 15) is 9.59 Å². The highest BCUT2D eigenvalue weighted by atomic mass is 16.5. The molecule has 0 heterocycles. The summed E-state index contributed by atoms with van der Waals surface area (Å²) in [6, 6.07) is 0. The Kier molecular flexibility index (Phi) is 11.3. The van der Waals surface area contributed by atoms with Gasteiger partial charge >= 0.3 is 11.9 Å². The second-order valence-electron chi connectivity index (χ2n) is 6.96. The van der Waals surface area contributed by atoms with Crippen molar-refractivity contribution in [3.8, 4) is 0 Å². The smallest absolute Gasteiger partial charge is 0.334 e. The topological polar surface area (TPSA) is 52.6 Å². The fourth-order valence-corrected chi connectivity index (χ4v) is 3.38. The van der Waals surface area contributed by atoms with Gasteiger partial charge in [-0.2, -0.15) is 0 Å². The van der Waals surface area contributed by atoms with Crippen LogP contribution in [0.15, 0.2) is 11.1 Å². The van der Waals surface area contributed by atoms with E-state index >= 15 is 0 Å². The minimum Gasteiger partial charge on any atom is -0.462 e. The molecule has 0 aromatic heterocycles. The maximum atomic E-state index is 12.8. The number of rotatable bonds is 11. The third-order valence-electron chi connectivity index (χ3n) is 4.71.